The van der Waals surface area contributed by atoms with Crippen LogP contribution in [-0.2, 0) is 4.74 Å². The van der Waals surface area contributed by atoms with Gasteiger partial charge in [0.25, 0.3) is 5.91 Å². The van der Waals surface area contributed by atoms with E-state index in [4.69, 9.17) is 4.74 Å². The number of carbonyl (C=O) groups is 1. The molecule has 3 heterocycles. The van der Waals surface area contributed by atoms with Crippen molar-refractivity contribution in [2.75, 3.05) is 19.7 Å². The smallest absolute Gasteiger partial charge is 0.254 e. The third kappa shape index (κ3) is 3.65. The maximum atomic E-state index is 12.8. The van der Waals surface area contributed by atoms with Crippen molar-refractivity contribution in [2.45, 2.75) is 39.7 Å². The van der Waals surface area contributed by atoms with Crippen LogP contribution in [0.1, 0.15) is 58.3 Å². The quantitative estimate of drug-likeness (QED) is 0.854. The van der Waals surface area contributed by atoms with Crippen LogP contribution in [0.4, 0.5) is 0 Å². The van der Waals surface area contributed by atoms with E-state index in [1.165, 1.54) is 4.88 Å². The molecule has 0 aromatic carbocycles. The Hall–Kier alpha value is -1.79. The second-order valence-corrected chi connectivity index (χ2v) is 7.43. The second kappa shape index (κ2) is 6.99. The van der Waals surface area contributed by atoms with Gasteiger partial charge < -0.3 is 9.64 Å². The number of hydrogen-bond acceptors (Lipinski definition) is 5. The molecule has 0 unspecified atom stereocenters. The van der Waals surface area contributed by atoms with Gasteiger partial charge in [0.05, 0.1) is 24.4 Å². The molecule has 1 fully saturated rings. The second-order valence-electron chi connectivity index (χ2n) is 6.48. The Morgan fingerprint density at radius 1 is 1.33 bits per heavy atom. The predicted molar refractivity (Wildman–Crippen MR) is 94.5 cm³/mol. The van der Waals surface area contributed by atoms with Crippen molar-refractivity contribution in [3.8, 4) is 0 Å². The van der Waals surface area contributed by atoms with Crippen molar-refractivity contribution < 1.29 is 9.53 Å². The zero-order chi connectivity index (χ0) is 17.3. The van der Waals surface area contributed by atoms with E-state index >= 15 is 0 Å². The summed E-state index contributed by atoms with van der Waals surface area (Å²) in [6, 6.07) is 3.95. The highest BCUT2D eigenvalue weighted by Crippen LogP contribution is 2.26. The van der Waals surface area contributed by atoms with Gasteiger partial charge in [0.15, 0.2) is 0 Å². The normalized spacial score (nSPS) is 18.2. The Morgan fingerprint density at radius 3 is 2.79 bits per heavy atom. The summed E-state index contributed by atoms with van der Waals surface area (Å²) < 4.78 is 5.85. The largest absolute Gasteiger partial charge is 0.368 e. The first-order chi connectivity index (χ1) is 11.4. The molecule has 2 aromatic heterocycles. The van der Waals surface area contributed by atoms with E-state index < -0.39 is 0 Å². The van der Waals surface area contributed by atoms with Crippen molar-refractivity contribution >= 4 is 17.2 Å². The summed E-state index contributed by atoms with van der Waals surface area (Å²) in [5, 5.41) is 1.96. The zero-order valence-corrected chi connectivity index (χ0v) is 15.4. The number of rotatable bonds is 3. The van der Waals surface area contributed by atoms with Gasteiger partial charge in [-0.25, -0.2) is 9.97 Å². The third-order valence-corrected chi connectivity index (χ3v) is 5.34. The lowest BCUT2D eigenvalue weighted by Crippen LogP contribution is -2.42. The van der Waals surface area contributed by atoms with E-state index in [1.807, 2.05) is 36.3 Å². The lowest BCUT2D eigenvalue weighted by atomic mass is 10.1. The minimum Gasteiger partial charge on any atom is -0.368 e. The molecule has 1 aliphatic rings. The third-order valence-electron chi connectivity index (χ3n) is 4.11. The zero-order valence-electron chi connectivity index (χ0n) is 14.6. The van der Waals surface area contributed by atoms with Crippen molar-refractivity contribution in [1.29, 1.82) is 0 Å². The molecular formula is C18H23N3O2S. The summed E-state index contributed by atoms with van der Waals surface area (Å²) in [6.07, 6.45) is -0.189. The van der Waals surface area contributed by atoms with Crippen molar-refractivity contribution in [3.05, 3.63) is 45.2 Å². The first kappa shape index (κ1) is 17.0. The first-order valence-corrected chi connectivity index (χ1v) is 9.13. The van der Waals surface area contributed by atoms with Crippen molar-refractivity contribution in [2.24, 2.45) is 0 Å². The van der Waals surface area contributed by atoms with E-state index in [0.717, 1.165) is 22.8 Å². The highest BCUT2D eigenvalue weighted by atomic mass is 32.1. The van der Waals surface area contributed by atoms with Gasteiger partial charge in [-0.3, -0.25) is 4.79 Å². The van der Waals surface area contributed by atoms with Gasteiger partial charge in [0.2, 0.25) is 0 Å². The van der Waals surface area contributed by atoms with Crippen LogP contribution in [0.3, 0.4) is 0 Å². The van der Waals surface area contributed by atoms with E-state index in [0.29, 0.717) is 25.6 Å². The number of aryl methyl sites for hydroxylation is 2. The van der Waals surface area contributed by atoms with Crippen LogP contribution in [0.25, 0.3) is 0 Å². The molecule has 1 atom stereocenters. The average molecular weight is 345 g/mol. The van der Waals surface area contributed by atoms with Gasteiger partial charge in [-0.15, -0.1) is 11.3 Å². The van der Waals surface area contributed by atoms with Crippen LogP contribution in [0.2, 0.25) is 0 Å². The SMILES string of the molecule is Cc1cc([C@H]2CN(C(=O)c3csc(C(C)C)c3)CCO2)nc(C)n1. The number of carbonyl (C=O) groups excluding carboxylic acids is 1. The van der Waals surface area contributed by atoms with Crippen LogP contribution in [-0.4, -0.2) is 40.5 Å². The minimum atomic E-state index is -0.189. The van der Waals surface area contributed by atoms with E-state index in [1.54, 1.807) is 11.3 Å². The van der Waals surface area contributed by atoms with Crippen molar-refractivity contribution in [3.63, 3.8) is 0 Å². The molecular weight excluding hydrogens is 322 g/mol. The molecule has 0 spiro atoms. The maximum Gasteiger partial charge on any atom is 0.254 e. The van der Waals surface area contributed by atoms with Gasteiger partial charge in [0.1, 0.15) is 11.9 Å². The molecule has 1 aliphatic heterocycles. The van der Waals surface area contributed by atoms with Crippen molar-refractivity contribution in [1.82, 2.24) is 14.9 Å². The minimum absolute atomic E-state index is 0.0777. The van der Waals surface area contributed by atoms with Crippen LogP contribution < -0.4 is 0 Å². The molecule has 5 nitrogen and oxygen atoms in total. The molecule has 3 rings (SSSR count). The number of amides is 1. The standard InChI is InChI=1S/C18H23N3O2S/c1-11(2)17-8-14(10-24-17)18(22)21-5-6-23-16(9-21)15-7-12(3)19-13(4)20-15/h7-8,10-11,16H,5-6,9H2,1-4H3/t16-/m1/s1. The van der Waals surface area contributed by atoms with Crippen LogP contribution >= 0.6 is 11.3 Å². The molecule has 0 N–H and O–H groups in total. The van der Waals surface area contributed by atoms with Gasteiger partial charge in [-0.2, -0.15) is 0 Å². The van der Waals surface area contributed by atoms with Crippen LogP contribution in [0.5, 0.6) is 0 Å². The van der Waals surface area contributed by atoms with Gasteiger partial charge in [0, 0.05) is 22.5 Å². The summed E-state index contributed by atoms with van der Waals surface area (Å²) in [7, 11) is 0. The van der Waals surface area contributed by atoms with E-state index in [9.17, 15) is 4.79 Å². The van der Waals surface area contributed by atoms with Gasteiger partial charge in [-0.05, 0) is 31.9 Å². The van der Waals surface area contributed by atoms with E-state index in [-0.39, 0.29) is 12.0 Å². The summed E-state index contributed by atoms with van der Waals surface area (Å²) in [5.74, 6) is 1.26. The molecule has 1 saturated heterocycles. The molecule has 128 valence electrons. The molecule has 0 bridgehead atoms. The summed E-state index contributed by atoms with van der Waals surface area (Å²) in [4.78, 5) is 24.7. The molecule has 1 amide bonds. The molecule has 0 radical (unpaired) electrons. The molecule has 0 aliphatic carbocycles. The number of ether oxygens (including phenoxy) is 1. The predicted octanol–water partition coefficient (Wildman–Crippen LogP) is 3.49. The topological polar surface area (TPSA) is 55.3 Å². The Labute approximate surface area is 146 Å². The number of hydrogen-bond donors (Lipinski definition) is 0. The molecule has 0 saturated carbocycles. The fourth-order valence-electron chi connectivity index (χ4n) is 2.87. The Bertz CT molecular complexity index is 721. The molecule has 2 aromatic rings. The number of aromatic nitrogens is 2. The monoisotopic (exact) mass is 345 g/mol. The average Bonchev–Trinajstić information content (AvgIpc) is 3.03. The Morgan fingerprint density at radius 2 is 2.12 bits per heavy atom. The van der Waals surface area contributed by atoms with E-state index in [2.05, 4.69) is 23.8 Å². The van der Waals surface area contributed by atoms with Crippen LogP contribution in [0.15, 0.2) is 17.5 Å². The summed E-state index contributed by atoms with van der Waals surface area (Å²) in [5.41, 5.74) is 2.55. The lowest BCUT2D eigenvalue weighted by Gasteiger charge is -2.32. The lowest BCUT2D eigenvalue weighted by molar-refractivity contribution is -0.0248. The number of thiophene rings is 1. The Balaban J connectivity index is 1.76. The number of morpholine rings is 1. The molecule has 24 heavy (non-hydrogen) atoms. The molecule has 6 heteroatoms. The Kier molecular flexibility index (Phi) is 4.96. The highest BCUT2D eigenvalue weighted by Gasteiger charge is 2.28. The summed E-state index contributed by atoms with van der Waals surface area (Å²) in [6.45, 7) is 9.78. The summed E-state index contributed by atoms with van der Waals surface area (Å²) >= 11 is 1.65. The highest BCUT2D eigenvalue weighted by molar-refractivity contribution is 7.10. The van der Waals surface area contributed by atoms with Crippen LogP contribution in [0, 0.1) is 13.8 Å². The fraction of sp³-hybridized carbons (Fsp3) is 0.500. The number of nitrogens with zero attached hydrogens (tertiary/aromatic N) is 3. The fourth-order valence-corrected chi connectivity index (χ4v) is 3.77. The first-order valence-electron chi connectivity index (χ1n) is 8.25. The van der Waals surface area contributed by atoms with Gasteiger partial charge >= 0.3 is 0 Å². The maximum absolute atomic E-state index is 12.8. The van der Waals surface area contributed by atoms with Gasteiger partial charge in [-0.1, -0.05) is 13.8 Å².